The van der Waals surface area contributed by atoms with Crippen LogP contribution in [0.15, 0.2) is 18.2 Å². The van der Waals surface area contributed by atoms with Crippen LogP contribution in [-0.2, 0) is 0 Å². The Hall–Kier alpha value is -1.51. The van der Waals surface area contributed by atoms with E-state index in [-0.39, 0.29) is 0 Å². The van der Waals surface area contributed by atoms with E-state index in [9.17, 15) is 0 Å². The summed E-state index contributed by atoms with van der Waals surface area (Å²) in [6.45, 7) is 4.22. The minimum absolute atomic E-state index is 0.738. The second-order valence-corrected chi connectivity index (χ2v) is 4.41. The molecule has 0 unspecified atom stereocenters. The van der Waals surface area contributed by atoms with Crippen molar-refractivity contribution < 1.29 is 0 Å². The SMILES string of the molecule is Cc1ccc(C)n1-c1cc(C2CC2)[nH]n1. The summed E-state index contributed by atoms with van der Waals surface area (Å²) in [5.41, 5.74) is 3.76. The number of aromatic nitrogens is 3. The van der Waals surface area contributed by atoms with Gasteiger partial charge in [-0.3, -0.25) is 5.10 Å². The molecule has 2 heterocycles. The number of rotatable bonds is 2. The van der Waals surface area contributed by atoms with Gasteiger partial charge in [-0.1, -0.05) is 0 Å². The maximum Gasteiger partial charge on any atom is 0.159 e. The van der Waals surface area contributed by atoms with Gasteiger partial charge in [-0.15, -0.1) is 0 Å². The molecule has 0 saturated heterocycles. The van der Waals surface area contributed by atoms with Gasteiger partial charge in [0.05, 0.1) is 0 Å². The molecule has 1 aliphatic carbocycles. The Balaban J connectivity index is 2.04. The summed E-state index contributed by atoms with van der Waals surface area (Å²) in [6, 6.07) is 6.43. The molecule has 0 bridgehead atoms. The minimum atomic E-state index is 0.738. The molecule has 0 spiro atoms. The summed E-state index contributed by atoms with van der Waals surface area (Å²) in [7, 11) is 0. The molecule has 78 valence electrons. The maximum absolute atomic E-state index is 4.38. The van der Waals surface area contributed by atoms with E-state index in [1.807, 2.05) is 0 Å². The van der Waals surface area contributed by atoms with Crippen LogP contribution in [0.25, 0.3) is 5.82 Å². The first-order chi connectivity index (χ1) is 7.25. The summed E-state index contributed by atoms with van der Waals surface area (Å²) < 4.78 is 2.18. The average molecular weight is 201 g/mol. The highest BCUT2D eigenvalue weighted by molar-refractivity contribution is 5.34. The monoisotopic (exact) mass is 201 g/mol. The third-order valence-electron chi connectivity index (χ3n) is 3.10. The molecular formula is C12H15N3. The Morgan fingerprint density at radius 1 is 1.27 bits per heavy atom. The molecule has 0 aliphatic heterocycles. The summed E-state index contributed by atoms with van der Waals surface area (Å²) in [4.78, 5) is 0. The van der Waals surface area contributed by atoms with Crippen molar-refractivity contribution in [2.75, 3.05) is 0 Å². The molecule has 0 aromatic carbocycles. The van der Waals surface area contributed by atoms with E-state index in [1.54, 1.807) is 0 Å². The van der Waals surface area contributed by atoms with E-state index in [4.69, 9.17) is 0 Å². The van der Waals surface area contributed by atoms with Crippen LogP contribution in [0.4, 0.5) is 0 Å². The number of aryl methyl sites for hydroxylation is 2. The number of aromatic amines is 1. The van der Waals surface area contributed by atoms with Crippen molar-refractivity contribution in [2.24, 2.45) is 0 Å². The molecule has 1 fully saturated rings. The first-order valence-electron chi connectivity index (χ1n) is 5.46. The van der Waals surface area contributed by atoms with Crippen LogP contribution in [-0.4, -0.2) is 14.8 Å². The molecule has 2 aromatic rings. The third-order valence-corrected chi connectivity index (χ3v) is 3.10. The van der Waals surface area contributed by atoms with Gasteiger partial charge >= 0.3 is 0 Å². The predicted octanol–water partition coefficient (Wildman–Crippen LogP) is 2.69. The lowest BCUT2D eigenvalue weighted by molar-refractivity contribution is 0.891. The van der Waals surface area contributed by atoms with Crippen LogP contribution in [0.5, 0.6) is 0 Å². The Bertz CT molecular complexity index is 469. The van der Waals surface area contributed by atoms with E-state index in [2.05, 4.69) is 46.8 Å². The van der Waals surface area contributed by atoms with Crippen molar-refractivity contribution in [3.05, 3.63) is 35.3 Å². The number of hydrogen-bond donors (Lipinski definition) is 1. The normalized spacial score (nSPS) is 15.9. The van der Waals surface area contributed by atoms with Gasteiger partial charge in [0.1, 0.15) is 0 Å². The molecule has 1 saturated carbocycles. The largest absolute Gasteiger partial charge is 0.302 e. The van der Waals surface area contributed by atoms with E-state index >= 15 is 0 Å². The summed E-state index contributed by atoms with van der Waals surface area (Å²) >= 11 is 0. The number of nitrogens with zero attached hydrogens (tertiary/aromatic N) is 2. The topological polar surface area (TPSA) is 33.6 Å². The van der Waals surface area contributed by atoms with Crippen molar-refractivity contribution >= 4 is 0 Å². The van der Waals surface area contributed by atoms with Crippen molar-refractivity contribution in [1.29, 1.82) is 0 Å². The number of H-pyrrole nitrogens is 1. The third kappa shape index (κ3) is 1.39. The highest BCUT2D eigenvalue weighted by Gasteiger charge is 2.25. The summed E-state index contributed by atoms with van der Waals surface area (Å²) in [6.07, 6.45) is 2.62. The average Bonchev–Trinajstić information content (AvgIpc) is 2.87. The van der Waals surface area contributed by atoms with Crippen LogP contribution in [0.3, 0.4) is 0 Å². The molecule has 0 atom stereocenters. The highest BCUT2D eigenvalue weighted by Crippen LogP contribution is 2.39. The second kappa shape index (κ2) is 2.99. The molecule has 3 heteroatoms. The first-order valence-corrected chi connectivity index (χ1v) is 5.46. The van der Waals surface area contributed by atoms with Gasteiger partial charge in [-0.05, 0) is 38.8 Å². The Kier molecular flexibility index (Phi) is 1.75. The van der Waals surface area contributed by atoms with Crippen LogP contribution < -0.4 is 0 Å². The van der Waals surface area contributed by atoms with Crippen LogP contribution in [0, 0.1) is 13.8 Å². The quantitative estimate of drug-likeness (QED) is 0.796. The Morgan fingerprint density at radius 3 is 2.53 bits per heavy atom. The fraction of sp³-hybridized carbons (Fsp3) is 0.417. The van der Waals surface area contributed by atoms with Gasteiger partial charge in [0.25, 0.3) is 0 Å². The Labute approximate surface area is 89.1 Å². The van der Waals surface area contributed by atoms with Gasteiger partial charge in [-0.2, -0.15) is 5.10 Å². The van der Waals surface area contributed by atoms with Gasteiger partial charge in [0, 0.05) is 29.1 Å². The number of hydrogen-bond acceptors (Lipinski definition) is 1. The fourth-order valence-electron chi connectivity index (χ4n) is 2.07. The summed E-state index contributed by atoms with van der Waals surface area (Å²) in [5, 5.41) is 7.52. The lowest BCUT2D eigenvalue weighted by atomic mass is 10.3. The Morgan fingerprint density at radius 2 is 1.93 bits per heavy atom. The van der Waals surface area contributed by atoms with Gasteiger partial charge < -0.3 is 4.57 Å². The smallest absolute Gasteiger partial charge is 0.159 e. The predicted molar refractivity (Wildman–Crippen MR) is 59.4 cm³/mol. The van der Waals surface area contributed by atoms with E-state index < -0.39 is 0 Å². The molecule has 0 radical (unpaired) electrons. The fourth-order valence-corrected chi connectivity index (χ4v) is 2.07. The van der Waals surface area contributed by atoms with Crippen LogP contribution in [0.1, 0.15) is 35.8 Å². The van der Waals surface area contributed by atoms with Gasteiger partial charge in [0.2, 0.25) is 0 Å². The number of nitrogens with one attached hydrogen (secondary N) is 1. The van der Waals surface area contributed by atoms with Gasteiger partial charge in [0.15, 0.2) is 5.82 Å². The van der Waals surface area contributed by atoms with Crippen LogP contribution in [0.2, 0.25) is 0 Å². The lowest BCUT2D eigenvalue weighted by Crippen LogP contribution is -1.98. The molecule has 3 nitrogen and oxygen atoms in total. The standard InChI is InChI=1S/C12H15N3/c1-8-3-4-9(2)15(8)12-7-11(13-14-12)10-5-6-10/h3-4,7,10H,5-6H2,1-2H3,(H,13,14). The molecule has 2 aromatic heterocycles. The molecule has 0 amide bonds. The van der Waals surface area contributed by atoms with Crippen LogP contribution >= 0.6 is 0 Å². The molecule has 1 aliphatic rings. The summed E-state index contributed by atoms with van der Waals surface area (Å²) in [5.74, 6) is 1.76. The van der Waals surface area contributed by atoms with Crippen molar-refractivity contribution in [3.8, 4) is 5.82 Å². The lowest BCUT2D eigenvalue weighted by Gasteiger charge is -2.03. The first kappa shape index (κ1) is 8.77. The van der Waals surface area contributed by atoms with E-state index in [0.717, 1.165) is 11.7 Å². The second-order valence-electron chi connectivity index (χ2n) is 4.41. The molecule has 15 heavy (non-hydrogen) atoms. The van der Waals surface area contributed by atoms with Crippen molar-refractivity contribution in [1.82, 2.24) is 14.8 Å². The van der Waals surface area contributed by atoms with Crippen molar-refractivity contribution in [2.45, 2.75) is 32.6 Å². The maximum atomic E-state index is 4.38. The van der Waals surface area contributed by atoms with E-state index in [1.165, 1.54) is 29.9 Å². The molecular weight excluding hydrogens is 186 g/mol. The zero-order chi connectivity index (χ0) is 10.4. The molecule has 1 N–H and O–H groups in total. The van der Waals surface area contributed by atoms with Gasteiger partial charge in [-0.25, -0.2) is 0 Å². The zero-order valence-electron chi connectivity index (χ0n) is 9.12. The zero-order valence-corrected chi connectivity index (χ0v) is 9.12. The minimum Gasteiger partial charge on any atom is -0.302 e. The highest BCUT2D eigenvalue weighted by atomic mass is 15.2. The molecule has 3 rings (SSSR count). The van der Waals surface area contributed by atoms with Crippen molar-refractivity contribution in [3.63, 3.8) is 0 Å². The van der Waals surface area contributed by atoms with E-state index in [0.29, 0.717) is 0 Å².